The lowest BCUT2D eigenvalue weighted by molar-refractivity contribution is -0.142. The molecule has 1 aromatic carbocycles. The van der Waals surface area contributed by atoms with Crippen molar-refractivity contribution in [2.45, 2.75) is 31.5 Å². The van der Waals surface area contributed by atoms with E-state index < -0.39 is 11.9 Å². The number of nitrogens with zero attached hydrogens (tertiary/aromatic N) is 4. The van der Waals surface area contributed by atoms with E-state index in [9.17, 15) is 13.2 Å². The van der Waals surface area contributed by atoms with Crippen LogP contribution < -0.4 is 0 Å². The van der Waals surface area contributed by atoms with Crippen LogP contribution in [-0.2, 0) is 12.7 Å². The van der Waals surface area contributed by atoms with E-state index in [4.69, 9.17) is 4.42 Å². The second kappa shape index (κ2) is 5.98. The molecular weight excluding hydrogens is 401 g/mol. The molecule has 2 aromatic heterocycles. The fourth-order valence-electron chi connectivity index (χ4n) is 2.64. The molecule has 25 heavy (non-hydrogen) atoms. The van der Waals surface area contributed by atoms with E-state index >= 15 is 0 Å². The third-order valence-corrected chi connectivity index (χ3v) is 4.72. The fourth-order valence-corrected chi connectivity index (χ4v) is 3.48. The van der Waals surface area contributed by atoms with Gasteiger partial charge in [-0.25, -0.2) is 0 Å². The molecule has 0 unspecified atom stereocenters. The second-order valence-corrected chi connectivity index (χ2v) is 6.64. The lowest BCUT2D eigenvalue weighted by Gasteiger charge is -2.03. The summed E-state index contributed by atoms with van der Waals surface area (Å²) in [6.07, 6.45) is -2.82. The Kier molecular flexibility index (Phi) is 3.90. The number of alkyl halides is 3. The molecule has 0 amide bonds. The van der Waals surface area contributed by atoms with Crippen molar-refractivity contribution in [2.75, 3.05) is 0 Å². The van der Waals surface area contributed by atoms with Crippen molar-refractivity contribution in [1.29, 1.82) is 0 Å². The minimum atomic E-state index is -4.52. The van der Waals surface area contributed by atoms with Gasteiger partial charge in [-0.3, -0.25) is 4.68 Å². The zero-order valence-electron chi connectivity index (χ0n) is 12.8. The molecule has 130 valence electrons. The first kappa shape index (κ1) is 16.3. The van der Waals surface area contributed by atoms with Crippen molar-refractivity contribution in [2.24, 2.45) is 0 Å². The summed E-state index contributed by atoms with van der Waals surface area (Å²) < 4.78 is 46.3. The van der Waals surface area contributed by atoms with Gasteiger partial charge in [0, 0.05) is 11.5 Å². The van der Waals surface area contributed by atoms with Gasteiger partial charge in [0.15, 0.2) is 5.69 Å². The summed E-state index contributed by atoms with van der Waals surface area (Å²) in [6.45, 7) is 0.000344. The highest BCUT2D eigenvalue weighted by atomic mass is 79.9. The number of halogens is 4. The zero-order valence-corrected chi connectivity index (χ0v) is 14.4. The van der Waals surface area contributed by atoms with Gasteiger partial charge in [0.25, 0.3) is 0 Å². The largest absolute Gasteiger partial charge is 0.436 e. The van der Waals surface area contributed by atoms with Crippen LogP contribution in [0.4, 0.5) is 13.2 Å². The quantitative estimate of drug-likeness (QED) is 0.626. The highest BCUT2D eigenvalue weighted by Crippen LogP contribution is 2.47. The molecule has 0 aliphatic heterocycles. The van der Waals surface area contributed by atoms with E-state index in [0.29, 0.717) is 11.6 Å². The smallest absolute Gasteiger partial charge is 0.419 e. The molecule has 0 radical (unpaired) electrons. The van der Waals surface area contributed by atoms with Crippen molar-refractivity contribution in [1.82, 2.24) is 20.0 Å². The molecule has 1 aliphatic rings. The molecule has 1 aliphatic carbocycles. The molecular formula is C16H12BrF3N4O. The molecule has 9 heteroatoms. The van der Waals surface area contributed by atoms with E-state index in [2.05, 4.69) is 31.2 Å². The Morgan fingerprint density at radius 3 is 2.52 bits per heavy atom. The second-order valence-electron chi connectivity index (χ2n) is 5.84. The van der Waals surface area contributed by atoms with E-state index in [-0.39, 0.29) is 22.8 Å². The Morgan fingerprint density at radius 2 is 1.88 bits per heavy atom. The lowest BCUT2D eigenvalue weighted by Crippen LogP contribution is -2.10. The lowest BCUT2D eigenvalue weighted by atomic mass is 10.2. The Labute approximate surface area is 149 Å². The van der Waals surface area contributed by atoms with Gasteiger partial charge in [-0.1, -0.05) is 18.2 Å². The third-order valence-electron chi connectivity index (χ3n) is 3.94. The number of aromatic nitrogens is 4. The summed E-state index contributed by atoms with van der Waals surface area (Å²) >= 11 is 3.06. The standard InChI is InChI=1S/C16H12BrF3N4O/c17-12-13(9-6-7-9)24(23-14(12)16(18,19)20)8-11-21-22-15(25-11)10-4-2-1-3-5-10/h1-5,9H,6-8H2. The molecule has 0 bridgehead atoms. The Hall–Kier alpha value is -2.16. The molecule has 3 aromatic rings. The van der Waals surface area contributed by atoms with Crippen LogP contribution in [0.3, 0.4) is 0 Å². The normalized spacial score (nSPS) is 14.9. The van der Waals surface area contributed by atoms with Crippen LogP contribution >= 0.6 is 15.9 Å². The minimum absolute atomic E-state index is 0.000344. The van der Waals surface area contributed by atoms with E-state index in [1.807, 2.05) is 30.3 Å². The van der Waals surface area contributed by atoms with Crippen molar-refractivity contribution in [3.05, 3.63) is 52.1 Å². The predicted molar refractivity (Wildman–Crippen MR) is 85.7 cm³/mol. The van der Waals surface area contributed by atoms with E-state index in [1.54, 1.807) is 0 Å². The van der Waals surface area contributed by atoms with Gasteiger partial charge in [-0.05, 0) is 40.9 Å². The molecule has 2 heterocycles. The van der Waals surface area contributed by atoms with Crippen LogP contribution in [0.25, 0.3) is 11.5 Å². The summed E-state index contributed by atoms with van der Waals surface area (Å²) in [4.78, 5) is 0. The van der Waals surface area contributed by atoms with Gasteiger partial charge in [-0.15, -0.1) is 10.2 Å². The summed E-state index contributed by atoms with van der Waals surface area (Å²) in [6, 6.07) is 9.18. The Bertz CT molecular complexity index is 900. The van der Waals surface area contributed by atoms with Crippen LogP contribution in [0.5, 0.6) is 0 Å². The Balaban J connectivity index is 1.66. The molecule has 0 N–H and O–H groups in total. The average Bonchev–Trinajstić information content (AvgIpc) is 3.19. The molecule has 0 spiro atoms. The van der Waals surface area contributed by atoms with Gasteiger partial charge >= 0.3 is 6.18 Å². The minimum Gasteiger partial charge on any atom is -0.419 e. The maximum atomic E-state index is 13.1. The summed E-state index contributed by atoms with van der Waals surface area (Å²) in [5.74, 6) is 0.616. The van der Waals surface area contributed by atoms with Crippen LogP contribution in [0.2, 0.25) is 0 Å². The summed E-state index contributed by atoms with van der Waals surface area (Å²) in [5, 5.41) is 11.6. The highest BCUT2D eigenvalue weighted by Gasteiger charge is 2.41. The van der Waals surface area contributed by atoms with Gasteiger partial charge < -0.3 is 4.42 Å². The number of benzene rings is 1. The average molecular weight is 413 g/mol. The summed E-state index contributed by atoms with van der Waals surface area (Å²) in [7, 11) is 0. The van der Waals surface area contributed by atoms with Gasteiger partial charge in [0.05, 0.1) is 10.2 Å². The van der Waals surface area contributed by atoms with Gasteiger partial charge in [0.2, 0.25) is 11.8 Å². The molecule has 1 saturated carbocycles. The van der Waals surface area contributed by atoms with Crippen molar-refractivity contribution in [3.8, 4) is 11.5 Å². The monoisotopic (exact) mass is 412 g/mol. The van der Waals surface area contributed by atoms with Crippen molar-refractivity contribution < 1.29 is 17.6 Å². The van der Waals surface area contributed by atoms with Gasteiger partial charge in [-0.2, -0.15) is 18.3 Å². The first-order valence-electron chi connectivity index (χ1n) is 7.64. The maximum Gasteiger partial charge on any atom is 0.436 e. The number of hydrogen-bond donors (Lipinski definition) is 0. The number of rotatable bonds is 4. The van der Waals surface area contributed by atoms with E-state index in [1.165, 1.54) is 4.68 Å². The van der Waals surface area contributed by atoms with Crippen LogP contribution in [0.15, 0.2) is 39.2 Å². The molecule has 5 nitrogen and oxygen atoms in total. The Morgan fingerprint density at radius 1 is 1.16 bits per heavy atom. The van der Waals surface area contributed by atoms with Crippen LogP contribution in [0.1, 0.15) is 36.0 Å². The molecule has 4 rings (SSSR count). The van der Waals surface area contributed by atoms with Crippen molar-refractivity contribution >= 4 is 15.9 Å². The van der Waals surface area contributed by atoms with Crippen molar-refractivity contribution in [3.63, 3.8) is 0 Å². The molecule has 1 fully saturated rings. The summed E-state index contributed by atoms with van der Waals surface area (Å²) in [5.41, 5.74) is 0.366. The molecule has 0 saturated heterocycles. The third kappa shape index (κ3) is 3.20. The molecule has 0 atom stereocenters. The SMILES string of the molecule is FC(F)(F)c1nn(Cc2nnc(-c3ccccc3)o2)c(C2CC2)c1Br. The fraction of sp³-hybridized carbons (Fsp3) is 0.312. The topological polar surface area (TPSA) is 56.7 Å². The first-order chi connectivity index (χ1) is 11.9. The van der Waals surface area contributed by atoms with Gasteiger partial charge in [0.1, 0.15) is 6.54 Å². The first-order valence-corrected chi connectivity index (χ1v) is 8.44. The maximum absolute atomic E-state index is 13.1. The highest BCUT2D eigenvalue weighted by molar-refractivity contribution is 9.10. The predicted octanol–water partition coefficient (Wildman–Crippen LogP) is 4.64. The zero-order chi connectivity index (χ0) is 17.6. The van der Waals surface area contributed by atoms with Crippen LogP contribution in [0, 0.1) is 0 Å². The number of hydrogen-bond acceptors (Lipinski definition) is 4. The van der Waals surface area contributed by atoms with E-state index in [0.717, 1.165) is 18.4 Å². The van der Waals surface area contributed by atoms with Crippen LogP contribution in [-0.4, -0.2) is 20.0 Å².